The summed E-state index contributed by atoms with van der Waals surface area (Å²) < 4.78 is 1.59. The lowest BCUT2D eigenvalue weighted by molar-refractivity contribution is -0.384. The summed E-state index contributed by atoms with van der Waals surface area (Å²) in [6.07, 6.45) is 0.905. The third-order valence-corrected chi connectivity index (χ3v) is 3.31. The van der Waals surface area contributed by atoms with Crippen LogP contribution in [0, 0.1) is 22.5 Å². The van der Waals surface area contributed by atoms with Gasteiger partial charge in [-0.25, -0.2) is 4.68 Å². The van der Waals surface area contributed by atoms with Crippen LogP contribution in [0.4, 0.5) is 11.5 Å². The third kappa shape index (κ3) is 3.47. The van der Waals surface area contributed by atoms with Gasteiger partial charge in [-0.3, -0.25) is 10.1 Å². The van der Waals surface area contributed by atoms with Gasteiger partial charge in [-0.2, -0.15) is 5.10 Å². The van der Waals surface area contributed by atoms with Gasteiger partial charge >= 0.3 is 5.69 Å². The normalized spacial score (nSPS) is 11.7. The Morgan fingerprint density at radius 3 is 2.55 bits per heavy atom. The minimum Gasteiger partial charge on any atom is -0.351 e. The molecular weight excluding hydrogens is 258 g/mol. The summed E-state index contributed by atoms with van der Waals surface area (Å²) in [5.41, 5.74) is 6.21. The van der Waals surface area contributed by atoms with E-state index < -0.39 is 0 Å². The first-order valence-electron chi connectivity index (χ1n) is 6.86. The predicted molar refractivity (Wildman–Crippen MR) is 79.9 cm³/mol. The van der Waals surface area contributed by atoms with Gasteiger partial charge in [0.2, 0.25) is 5.82 Å². The van der Waals surface area contributed by atoms with Crippen LogP contribution < -0.4 is 10.6 Å². The Morgan fingerprint density at radius 1 is 1.50 bits per heavy atom. The van der Waals surface area contributed by atoms with E-state index in [0.717, 1.165) is 13.0 Å². The monoisotopic (exact) mass is 283 g/mol. The molecule has 0 aromatic carbocycles. The number of hydrogen-bond donors (Lipinski definition) is 1. The molecule has 0 radical (unpaired) electrons. The summed E-state index contributed by atoms with van der Waals surface area (Å²) in [6, 6.07) is 0. The number of aryl methyl sites for hydroxylation is 2. The Kier molecular flexibility index (Phi) is 5.10. The van der Waals surface area contributed by atoms with Crippen molar-refractivity contribution in [3.63, 3.8) is 0 Å². The molecule has 20 heavy (non-hydrogen) atoms. The fourth-order valence-corrected chi connectivity index (χ4v) is 2.31. The molecule has 7 nitrogen and oxygen atoms in total. The fraction of sp³-hybridized carbons (Fsp3) is 0.769. The summed E-state index contributed by atoms with van der Waals surface area (Å²) in [5, 5.41) is 15.5. The molecule has 1 rings (SSSR count). The molecule has 0 aliphatic carbocycles. The number of nitro groups is 1. The second-order valence-electron chi connectivity index (χ2n) is 5.93. The van der Waals surface area contributed by atoms with Crippen molar-refractivity contribution in [2.24, 2.45) is 18.2 Å². The van der Waals surface area contributed by atoms with Crippen LogP contribution in [0.2, 0.25) is 0 Å². The molecule has 0 saturated heterocycles. The number of nitrogens with two attached hydrogens (primary N) is 1. The molecule has 2 N–H and O–H groups in total. The lowest BCUT2D eigenvalue weighted by atomic mass is 9.93. The van der Waals surface area contributed by atoms with Crippen molar-refractivity contribution in [1.29, 1.82) is 0 Å². The van der Waals surface area contributed by atoms with Crippen molar-refractivity contribution in [3.8, 4) is 0 Å². The van der Waals surface area contributed by atoms with E-state index in [1.807, 2.05) is 4.90 Å². The van der Waals surface area contributed by atoms with E-state index in [1.165, 1.54) is 0 Å². The van der Waals surface area contributed by atoms with Gasteiger partial charge in [-0.1, -0.05) is 20.8 Å². The number of hydrogen-bond acceptors (Lipinski definition) is 5. The second kappa shape index (κ2) is 6.21. The minimum atomic E-state index is -0.351. The molecule has 0 aliphatic heterocycles. The lowest BCUT2D eigenvalue weighted by Crippen LogP contribution is -2.40. The van der Waals surface area contributed by atoms with E-state index in [9.17, 15) is 10.1 Å². The maximum Gasteiger partial charge on any atom is 0.333 e. The van der Waals surface area contributed by atoms with Crippen LogP contribution in [0.1, 0.15) is 32.9 Å². The Hall–Kier alpha value is -1.63. The molecule has 0 atom stereocenters. The topological polar surface area (TPSA) is 90.2 Å². The van der Waals surface area contributed by atoms with Crippen molar-refractivity contribution in [1.82, 2.24) is 9.78 Å². The molecule has 0 bridgehead atoms. The molecule has 0 saturated carbocycles. The van der Waals surface area contributed by atoms with E-state index in [1.54, 1.807) is 18.7 Å². The van der Waals surface area contributed by atoms with Crippen LogP contribution in [0.3, 0.4) is 0 Å². The fourth-order valence-electron chi connectivity index (χ4n) is 2.31. The van der Waals surface area contributed by atoms with Gasteiger partial charge in [0.05, 0.1) is 4.92 Å². The van der Waals surface area contributed by atoms with Gasteiger partial charge in [0.15, 0.2) is 0 Å². The molecule has 7 heteroatoms. The number of rotatable bonds is 7. The van der Waals surface area contributed by atoms with Crippen molar-refractivity contribution >= 4 is 11.5 Å². The second-order valence-corrected chi connectivity index (χ2v) is 5.93. The summed E-state index contributed by atoms with van der Waals surface area (Å²) >= 11 is 0. The first-order valence-corrected chi connectivity index (χ1v) is 6.86. The highest BCUT2D eigenvalue weighted by atomic mass is 16.6. The van der Waals surface area contributed by atoms with Gasteiger partial charge in [0.25, 0.3) is 0 Å². The Balaban J connectivity index is 3.25. The van der Waals surface area contributed by atoms with E-state index in [4.69, 9.17) is 5.73 Å². The Morgan fingerprint density at radius 2 is 2.10 bits per heavy atom. The van der Waals surface area contributed by atoms with Crippen molar-refractivity contribution in [2.45, 2.75) is 34.1 Å². The Labute approximate surface area is 119 Å². The average Bonchev–Trinajstić information content (AvgIpc) is 2.63. The highest BCUT2D eigenvalue weighted by molar-refractivity contribution is 5.61. The highest BCUT2D eigenvalue weighted by Gasteiger charge is 2.30. The molecule has 0 unspecified atom stereocenters. The molecule has 0 spiro atoms. The van der Waals surface area contributed by atoms with Gasteiger partial charge in [-0.05, 0) is 25.3 Å². The molecule has 114 valence electrons. The SMILES string of the molecule is CCCN(CC(C)(C)CN)c1c([N+](=O)[O-])c(C)nn1C. The maximum absolute atomic E-state index is 11.3. The zero-order valence-electron chi connectivity index (χ0n) is 13.0. The summed E-state index contributed by atoms with van der Waals surface area (Å²) in [4.78, 5) is 13.0. The number of nitrogens with zero attached hydrogens (tertiary/aromatic N) is 4. The molecule has 0 amide bonds. The van der Waals surface area contributed by atoms with Crippen LogP contribution in [0.5, 0.6) is 0 Å². The van der Waals surface area contributed by atoms with Crippen LogP contribution in [0.25, 0.3) is 0 Å². The Bertz CT molecular complexity index is 481. The van der Waals surface area contributed by atoms with Crippen LogP contribution in [-0.4, -0.2) is 34.3 Å². The van der Waals surface area contributed by atoms with Crippen molar-refractivity contribution in [2.75, 3.05) is 24.5 Å². The zero-order chi connectivity index (χ0) is 15.5. The first kappa shape index (κ1) is 16.4. The maximum atomic E-state index is 11.3. The van der Waals surface area contributed by atoms with Crippen LogP contribution >= 0.6 is 0 Å². The molecule has 1 heterocycles. The zero-order valence-corrected chi connectivity index (χ0v) is 13.0. The molecular formula is C13H25N5O2. The van der Waals surface area contributed by atoms with Gasteiger partial charge < -0.3 is 10.6 Å². The quantitative estimate of drug-likeness (QED) is 0.609. The van der Waals surface area contributed by atoms with Gasteiger partial charge in [0.1, 0.15) is 5.69 Å². The molecule has 0 aliphatic rings. The third-order valence-electron chi connectivity index (χ3n) is 3.31. The number of anilines is 1. The lowest BCUT2D eigenvalue weighted by Gasteiger charge is -2.32. The molecule has 1 aromatic rings. The van der Waals surface area contributed by atoms with E-state index >= 15 is 0 Å². The van der Waals surface area contributed by atoms with E-state index in [2.05, 4.69) is 25.9 Å². The van der Waals surface area contributed by atoms with Crippen LogP contribution in [-0.2, 0) is 7.05 Å². The van der Waals surface area contributed by atoms with Crippen molar-refractivity contribution in [3.05, 3.63) is 15.8 Å². The number of aromatic nitrogens is 2. The van der Waals surface area contributed by atoms with E-state index in [-0.39, 0.29) is 16.0 Å². The standard InChI is InChI=1S/C13H25N5O2/c1-6-7-17(9-13(3,4)8-14)12-11(18(19)20)10(2)15-16(12)5/h6-9,14H2,1-5H3. The van der Waals surface area contributed by atoms with Gasteiger partial charge in [-0.15, -0.1) is 0 Å². The summed E-state index contributed by atoms with van der Waals surface area (Å²) in [6.45, 7) is 9.77. The first-order chi connectivity index (χ1) is 9.23. The molecule has 0 fully saturated rings. The minimum absolute atomic E-state index is 0.0915. The summed E-state index contributed by atoms with van der Waals surface area (Å²) in [7, 11) is 1.74. The van der Waals surface area contributed by atoms with Crippen LogP contribution in [0.15, 0.2) is 0 Å². The highest BCUT2D eigenvalue weighted by Crippen LogP contribution is 2.32. The smallest absolute Gasteiger partial charge is 0.333 e. The average molecular weight is 283 g/mol. The largest absolute Gasteiger partial charge is 0.351 e. The molecule has 1 aromatic heterocycles. The van der Waals surface area contributed by atoms with Crippen molar-refractivity contribution < 1.29 is 4.92 Å². The predicted octanol–water partition coefficient (Wildman–Crippen LogP) is 1.84. The van der Waals surface area contributed by atoms with Gasteiger partial charge in [0, 0.05) is 20.1 Å². The summed E-state index contributed by atoms with van der Waals surface area (Å²) in [5.74, 6) is 0.566. The van der Waals surface area contributed by atoms with E-state index in [0.29, 0.717) is 24.6 Å².